The van der Waals surface area contributed by atoms with Crippen LogP contribution in [0.15, 0.2) is 17.1 Å². The van der Waals surface area contributed by atoms with Crippen molar-refractivity contribution in [1.29, 1.82) is 0 Å². The monoisotopic (exact) mass is 376 g/mol. The number of rotatable bonds is 6. The maximum absolute atomic E-state index is 12.5. The summed E-state index contributed by atoms with van der Waals surface area (Å²) in [4.78, 5) is 26.7. The highest BCUT2D eigenvalue weighted by Gasteiger charge is 2.37. The number of carbonyl (C=O) groups is 1. The molecule has 0 aromatic carbocycles. The molecule has 0 radical (unpaired) electrons. The average molecular weight is 376 g/mol. The lowest BCUT2D eigenvalue weighted by atomic mass is 10.2. The molecule has 4 atom stereocenters. The molecule has 11 nitrogen and oxygen atoms in total. The summed E-state index contributed by atoms with van der Waals surface area (Å²) < 4.78 is 34.3. The van der Waals surface area contributed by atoms with Crippen LogP contribution >= 0.6 is 7.60 Å². The molecule has 1 aliphatic rings. The Labute approximate surface area is 143 Å². The number of carbonyl (C=O) groups excluding carboxylic acids is 1. The second-order valence-corrected chi connectivity index (χ2v) is 7.42. The Hall–Kier alpha value is -1.78. The van der Waals surface area contributed by atoms with E-state index >= 15 is 0 Å². The molecule has 4 N–H and O–H groups in total. The van der Waals surface area contributed by atoms with Crippen molar-refractivity contribution in [2.24, 2.45) is 5.73 Å². The minimum absolute atomic E-state index is 0.0612. The summed E-state index contributed by atoms with van der Waals surface area (Å²) in [6.07, 6.45) is -0.246. The zero-order valence-electron chi connectivity index (χ0n) is 13.9. The van der Waals surface area contributed by atoms with Crippen LogP contribution in [0.25, 0.3) is 0 Å². The number of aromatic nitrogens is 2. The molecule has 0 saturated carbocycles. The Bertz CT molecular complexity index is 713. The van der Waals surface area contributed by atoms with Crippen LogP contribution in [0.3, 0.4) is 0 Å². The van der Waals surface area contributed by atoms with E-state index in [2.05, 4.69) is 9.72 Å². The summed E-state index contributed by atoms with van der Waals surface area (Å²) in [6.45, 7) is 1.58. The Morgan fingerprint density at radius 1 is 1.60 bits per heavy atom. The maximum Gasteiger partial charge on any atom is 0.356 e. The molecule has 1 aromatic heterocycles. The van der Waals surface area contributed by atoms with Crippen LogP contribution in [0.1, 0.15) is 6.92 Å². The van der Waals surface area contributed by atoms with Crippen molar-refractivity contribution < 1.29 is 27.9 Å². The van der Waals surface area contributed by atoms with Gasteiger partial charge in [0.25, 0.3) is 0 Å². The number of nitrogens with two attached hydrogens (primary N) is 2. The maximum atomic E-state index is 12.5. The van der Waals surface area contributed by atoms with Gasteiger partial charge in [-0.15, -0.1) is 0 Å². The Balaban J connectivity index is 1.90. The topological polar surface area (TPSA) is 158 Å². The summed E-state index contributed by atoms with van der Waals surface area (Å²) in [5.41, 5.74) is 10.5. The Morgan fingerprint density at radius 3 is 2.88 bits per heavy atom. The fourth-order valence-corrected chi connectivity index (χ4v) is 3.71. The van der Waals surface area contributed by atoms with Crippen molar-refractivity contribution in [3.63, 3.8) is 0 Å². The lowest BCUT2D eigenvalue weighted by molar-refractivity contribution is -0.144. The summed E-state index contributed by atoms with van der Waals surface area (Å²) >= 11 is 0. The predicted molar refractivity (Wildman–Crippen MR) is 86.7 cm³/mol. The molecule has 0 bridgehead atoms. The highest BCUT2D eigenvalue weighted by Crippen LogP contribution is 2.52. The van der Waals surface area contributed by atoms with Gasteiger partial charge in [0.05, 0.1) is 26.4 Å². The molecular weight excluding hydrogens is 355 g/mol. The van der Waals surface area contributed by atoms with Gasteiger partial charge >= 0.3 is 19.3 Å². The largest absolute Gasteiger partial charge is 0.468 e. The normalized spacial score (nSPS) is 26.0. The molecule has 140 valence electrons. The molecular formula is C13H21N4O7P. The van der Waals surface area contributed by atoms with Gasteiger partial charge in [-0.2, -0.15) is 4.98 Å². The number of nitrogens with zero attached hydrogens (tertiary/aromatic N) is 2. The van der Waals surface area contributed by atoms with Crippen molar-refractivity contribution >= 4 is 19.4 Å². The zero-order chi connectivity index (χ0) is 18.6. The van der Waals surface area contributed by atoms with E-state index in [1.54, 1.807) is 0 Å². The van der Waals surface area contributed by atoms with Crippen molar-refractivity contribution in [3.05, 3.63) is 22.7 Å². The number of hydrogen-bond acceptors (Lipinski definition) is 10. The van der Waals surface area contributed by atoms with Gasteiger partial charge < -0.3 is 30.0 Å². The fraction of sp³-hybridized carbons (Fsp3) is 0.615. The standard InChI is InChI=1S/C13H21N4O7P/c1-8(11(15)12(18)21-2)24-25(20)7-22-9(6-23-25)5-17-4-3-10(14)16-13(17)19/h3-4,8-9,11H,5-7,15H2,1-2H3,(H2,14,16,19)/t8-,9+,11+,25?/m1/s1. The molecule has 1 aliphatic heterocycles. The number of hydrogen-bond donors (Lipinski definition) is 2. The van der Waals surface area contributed by atoms with E-state index in [9.17, 15) is 14.2 Å². The number of anilines is 1. The van der Waals surface area contributed by atoms with Gasteiger partial charge in [0.15, 0.2) is 0 Å². The third-order valence-corrected chi connectivity index (χ3v) is 5.19. The van der Waals surface area contributed by atoms with E-state index in [0.29, 0.717) is 0 Å². The van der Waals surface area contributed by atoms with E-state index < -0.39 is 37.5 Å². The zero-order valence-corrected chi connectivity index (χ0v) is 14.8. The van der Waals surface area contributed by atoms with Crippen molar-refractivity contribution in [1.82, 2.24) is 9.55 Å². The Kier molecular flexibility index (Phi) is 6.31. The lowest BCUT2D eigenvalue weighted by Crippen LogP contribution is -2.43. The molecule has 1 saturated heterocycles. The Morgan fingerprint density at radius 2 is 2.32 bits per heavy atom. The van der Waals surface area contributed by atoms with Crippen LogP contribution in [0, 0.1) is 0 Å². The highest BCUT2D eigenvalue weighted by molar-refractivity contribution is 7.53. The number of nitrogen functional groups attached to an aromatic ring is 1. The van der Waals surface area contributed by atoms with Crippen LogP contribution in [0.4, 0.5) is 5.82 Å². The van der Waals surface area contributed by atoms with Crippen LogP contribution in [-0.4, -0.2) is 53.8 Å². The van der Waals surface area contributed by atoms with Gasteiger partial charge in [0, 0.05) is 6.20 Å². The number of methoxy groups -OCH3 is 1. The SMILES string of the molecule is COC(=O)[C@@H](N)[C@@H](C)OP1(=O)CO[C@@H](Cn2ccc(N)nc2=O)CO1. The molecule has 2 heterocycles. The molecule has 25 heavy (non-hydrogen) atoms. The number of ether oxygens (including phenoxy) is 2. The van der Waals surface area contributed by atoms with Gasteiger partial charge in [-0.25, -0.2) is 4.79 Å². The minimum atomic E-state index is -3.57. The van der Waals surface area contributed by atoms with Crippen molar-refractivity contribution in [3.8, 4) is 0 Å². The van der Waals surface area contributed by atoms with Gasteiger partial charge in [-0.1, -0.05) is 0 Å². The molecule has 1 unspecified atom stereocenters. The summed E-state index contributed by atoms with van der Waals surface area (Å²) in [5.74, 6) is -0.568. The van der Waals surface area contributed by atoms with Crippen LogP contribution in [0.2, 0.25) is 0 Å². The third-order valence-electron chi connectivity index (χ3n) is 3.53. The van der Waals surface area contributed by atoms with E-state index in [4.69, 9.17) is 25.3 Å². The smallest absolute Gasteiger partial charge is 0.356 e. The van der Waals surface area contributed by atoms with E-state index in [1.807, 2.05) is 0 Å². The van der Waals surface area contributed by atoms with Crippen LogP contribution < -0.4 is 17.2 Å². The summed E-state index contributed by atoms with van der Waals surface area (Å²) in [7, 11) is -2.38. The van der Waals surface area contributed by atoms with Gasteiger partial charge in [-0.3, -0.25) is 13.9 Å². The molecule has 1 aromatic rings. The second kappa shape index (κ2) is 8.07. The second-order valence-electron chi connectivity index (χ2n) is 5.47. The molecule has 0 spiro atoms. The van der Waals surface area contributed by atoms with Crippen molar-refractivity contribution in [2.45, 2.75) is 31.7 Å². The third kappa shape index (κ3) is 5.10. The number of esters is 1. The molecule has 0 amide bonds. The minimum Gasteiger partial charge on any atom is -0.468 e. The van der Waals surface area contributed by atoms with Gasteiger partial charge in [0.1, 0.15) is 24.3 Å². The van der Waals surface area contributed by atoms with Gasteiger partial charge in [-0.05, 0) is 13.0 Å². The lowest BCUT2D eigenvalue weighted by Gasteiger charge is -2.31. The van der Waals surface area contributed by atoms with E-state index in [0.717, 1.165) is 0 Å². The molecule has 12 heteroatoms. The first-order valence-electron chi connectivity index (χ1n) is 7.44. The summed E-state index contributed by atoms with van der Waals surface area (Å²) in [6, 6.07) is 0.381. The first-order valence-corrected chi connectivity index (χ1v) is 9.17. The van der Waals surface area contributed by atoms with Gasteiger partial charge in [0.2, 0.25) is 0 Å². The average Bonchev–Trinajstić information content (AvgIpc) is 2.57. The summed E-state index contributed by atoms with van der Waals surface area (Å²) in [5, 5.41) is 0. The predicted octanol–water partition coefficient (Wildman–Crippen LogP) is -0.703. The van der Waals surface area contributed by atoms with Crippen LogP contribution in [0.5, 0.6) is 0 Å². The van der Waals surface area contributed by atoms with E-state index in [-0.39, 0.29) is 25.3 Å². The molecule has 1 fully saturated rings. The molecule has 0 aliphatic carbocycles. The van der Waals surface area contributed by atoms with Crippen LogP contribution in [-0.2, 0) is 34.4 Å². The first-order chi connectivity index (χ1) is 11.7. The fourth-order valence-electron chi connectivity index (χ4n) is 2.09. The highest BCUT2D eigenvalue weighted by atomic mass is 31.2. The first kappa shape index (κ1) is 19.5. The van der Waals surface area contributed by atoms with E-state index in [1.165, 1.54) is 30.9 Å². The molecule has 2 rings (SSSR count). The van der Waals surface area contributed by atoms with Crippen molar-refractivity contribution in [2.75, 3.05) is 25.8 Å². The quantitative estimate of drug-likeness (QED) is 0.480.